The molecule has 1 aromatic rings. The molecule has 0 aliphatic heterocycles. The van der Waals surface area contributed by atoms with Gasteiger partial charge < -0.3 is 0 Å². The van der Waals surface area contributed by atoms with E-state index in [1.807, 2.05) is 13.8 Å². The summed E-state index contributed by atoms with van der Waals surface area (Å²) < 4.78 is 1.86. The van der Waals surface area contributed by atoms with Crippen LogP contribution in [0.25, 0.3) is 0 Å². The molecule has 0 fully saturated rings. The summed E-state index contributed by atoms with van der Waals surface area (Å²) in [5, 5.41) is 0. The first-order chi connectivity index (χ1) is 6.00. The first-order valence-electron chi connectivity index (χ1n) is 4.00. The number of aromatic amines is 1. The summed E-state index contributed by atoms with van der Waals surface area (Å²) in [6.07, 6.45) is 1.52. The maximum atomic E-state index is 11.2. The number of hydrogen-bond acceptors (Lipinski definition) is 2. The summed E-state index contributed by atoms with van der Waals surface area (Å²) in [6.45, 7) is 4.62. The van der Waals surface area contributed by atoms with E-state index in [1.54, 1.807) is 0 Å². The molecular formula is C8H11BrN2O2. The second kappa shape index (κ2) is 3.91. The molecule has 0 aliphatic carbocycles. The lowest BCUT2D eigenvalue weighted by atomic mass is 10.2. The van der Waals surface area contributed by atoms with Crippen LogP contribution < -0.4 is 11.2 Å². The Kier molecular flexibility index (Phi) is 3.08. The number of aromatic nitrogens is 2. The van der Waals surface area contributed by atoms with Crippen LogP contribution >= 0.6 is 15.9 Å². The molecule has 4 nitrogen and oxygen atoms in total. The summed E-state index contributed by atoms with van der Waals surface area (Å²) >= 11 is 3.07. The molecule has 0 aromatic carbocycles. The third-order valence-corrected chi connectivity index (χ3v) is 2.09. The summed E-state index contributed by atoms with van der Waals surface area (Å²) in [4.78, 5) is 24.4. The predicted molar refractivity (Wildman–Crippen MR) is 53.9 cm³/mol. The second-order valence-electron chi connectivity index (χ2n) is 3.28. The normalized spacial score (nSPS) is 10.8. The van der Waals surface area contributed by atoms with Crippen LogP contribution in [0, 0.1) is 5.92 Å². The Morgan fingerprint density at radius 2 is 2.15 bits per heavy atom. The van der Waals surface area contributed by atoms with Crippen molar-refractivity contribution in [3.63, 3.8) is 0 Å². The van der Waals surface area contributed by atoms with Gasteiger partial charge in [0, 0.05) is 12.7 Å². The van der Waals surface area contributed by atoms with Crippen molar-refractivity contribution in [2.45, 2.75) is 20.4 Å². The van der Waals surface area contributed by atoms with Gasteiger partial charge in [0.1, 0.15) is 0 Å². The van der Waals surface area contributed by atoms with E-state index < -0.39 is 0 Å². The quantitative estimate of drug-likeness (QED) is 0.846. The van der Waals surface area contributed by atoms with E-state index >= 15 is 0 Å². The van der Waals surface area contributed by atoms with E-state index in [0.717, 1.165) is 0 Å². The highest BCUT2D eigenvalue weighted by atomic mass is 79.9. The highest BCUT2D eigenvalue weighted by molar-refractivity contribution is 9.10. The lowest BCUT2D eigenvalue weighted by Crippen LogP contribution is -2.30. The fourth-order valence-electron chi connectivity index (χ4n) is 1.01. The van der Waals surface area contributed by atoms with Crippen molar-refractivity contribution in [1.82, 2.24) is 9.55 Å². The molecule has 0 amide bonds. The molecule has 0 unspecified atom stereocenters. The van der Waals surface area contributed by atoms with Gasteiger partial charge in [-0.2, -0.15) is 0 Å². The number of halogens is 1. The van der Waals surface area contributed by atoms with Gasteiger partial charge in [0.25, 0.3) is 5.56 Å². The first-order valence-corrected chi connectivity index (χ1v) is 4.79. The maximum absolute atomic E-state index is 11.2. The van der Waals surface area contributed by atoms with Gasteiger partial charge in [-0.25, -0.2) is 4.79 Å². The van der Waals surface area contributed by atoms with Crippen molar-refractivity contribution in [3.05, 3.63) is 31.5 Å². The molecule has 1 heterocycles. The van der Waals surface area contributed by atoms with Crippen LogP contribution in [0.5, 0.6) is 0 Å². The zero-order valence-corrected chi connectivity index (χ0v) is 9.09. The first kappa shape index (κ1) is 10.2. The molecule has 0 aliphatic rings. The fraction of sp³-hybridized carbons (Fsp3) is 0.500. The zero-order valence-electron chi connectivity index (χ0n) is 7.50. The van der Waals surface area contributed by atoms with Gasteiger partial charge in [-0.3, -0.25) is 14.3 Å². The minimum atomic E-state index is -0.384. The van der Waals surface area contributed by atoms with E-state index in [4.69, 9.17) is 0 Å². The zero-order chi connectivity index (χ0) is 10.0. The Morgan fingerprint density at radius 1 is 1.54 bits per heavy atom. The highest BCUT2D eigenvalue weighted by Crippen LogP contribution is 2.00. The van der Waals surface area contributed by atoms with Gasteiger partial charge in [0.05, 0.1) is 4.47 Å². The third kappa shape index (κ3) is 2.55. The molecular weight excluding hydrogens is 236 g/mol. The topological polar surface area (TPSA) is 54.9 Å². The van der Waals surface area contributed by atoms with Crippen molar-refractivity contribution < 1.29 is 0 Å². The van der Waals surface area contributed by atoms with Crippen LogP contribution in [-0.2, 0) is 6.54 Å². The smallest absolute Gasteiger partial charge is 0.299 e. The number of rotatable bonds is 2. The van der Waals surface area contributed by atoms with E-state index in [9.17, 15) is 9.59 Å². The van der Waals surface area contributed by atoms with Crippen molar-refractivity contribution in [2.24, 2.45) is 5.92 Å². The Bertz CT molecular complexity index is 405. The van der Waals surface area contributed by atoms with Gasteiger partial charge in [-0.1, -0.05) is 13.8 Å². The van der Waals surface area contributed by atoms with Crippen molar-refractivity contribution >= 4 is 15.9 Å². The lowest BCUT2D eigenvalue weighted by Gasteiger charge is -2.07. The number of hydrogen-bond donors (Lipinski definition) is 1. The molecule has 5 heteroatoms. The fourth-order valence-corrected chi connectivity index (χ4v) is 1.36. The van der Waals surface area contributed by atoms with Gasteiger partial charge in [0.2, 0.25) is 0 Å². The minimum Gasteiger partial charge on any atom is -0.299 e. The van der Waals surface area contributed by atoms with Gasteiger partial charge in [0.15, 0.2) is 0 Å². The van der Waals surface area contributed by atoms with Crippen LogP contribution in [0.1, 0.15) is 13.8 Å². The summed E-state index contributed by atoms with van der Waals surface area (Å²) in [5.41, 5.74) is -0.744. The SMILES string of the molecule is CC(C)Cn1cc(Br)c(=O)[nH]c1=O. The van der Waals surface area contributed by atoms with E-state index in [1.165, 1.54) is 10.8 Å². The van der Waals surface area contributed by atoms with Crippen molar-refractivity contribution in [3.8, 4) is 0 Å². The Hall–Kier alpha value is -0.840. The highest BCUT2D eigenvalue weighted by Gasteiger charge is 2.02. The summed E-state index contributed by atoms with van der Waals surface area (Å²) in [7, 11) is 0. The molecule has 0 spiro atoms. The third-order valence-electron chi connectivity index (χ3n) is 1.53. The average molecular weight is 247 g/mol. The molecule has 1 rings (SSSR count). The summed E-state index contributed by atoms with van der Waals surface area (Å²) in [6, 6.07) is 0. The number of H-pyrrole nitrogens is 1. The monoisotopic (exact) mass is 246 g/mol. The molecule has 1 N–H and O–H groups in total. The van der Waals surface area contributed by atoms with Crippen LogP contribution in [0.3, 0.4) is 0 Å². The number of nitrogens with one attached hydrogen (secondary N) is 1. The second-order valence-corrected chi connectivity index (χ2v) is 4.14. The van der Waals surface area contributed by atoms with E-state index in [0.29, 0.717) is 16.9 Å². The van der Waals surface area contributed by atoms with Gasteiger partial charge in [-0.15, -0.1) is 0 Å². The van der Waals surface area contributed by atoms with Gasteiger partial charge >= 0.3 is 5.69 Å². The van der Waals surface area contributed by atoms with Crippen molar-refractivity contribution in [2.75, 3.05) is 0 Å². The van der Waals surface area contributed by atoms with Gasteiger partial charge in [-0.05, 0) is 21.8 Å². The van der Waals surface area contributed by atoms with Crippen LogP contribution in [-0.4, -0.2) is 9.55 Å². The standard InChI is InChI=1S/C8H11BrN2O2/c1-5(2)3-11-4-6(9)7(12)10-8(11)13/h4-5H,3H2,1-2H3,(H,10,12,13). The molecule has 0 atom stereocenters. The number of nitrogens with zero attached hydrogens (tertiary/aromatic N) is 1. The molecule has 72 valence electrons. The van der Waals surface area contributed by atoms with Crippen LogP contribution in [0.15, 0.2) is 20.3 Å². The molecule has 0 radical (unpaired) electrons. The van der Waals surface area contributed by atoms with Crippen molar-refractivity contribution in [1.29, 1.82) is 0 Å². The molecule has 13 heavy (non-hydrogen) atoms. The summed E-state index contributed by atoms with van der Waals surface area (Å²) in [5.74, 6) is 0.371. The predicted octanol–water partition coefficient (Wildman–Crippen LogP) is 0.955. The molecule has 0 bridgehead atoms. The lowest BCUT2D eigenvalue weighted by molar-refractivity contribution is 0.500. The molecule has 0 saturated heterocycles. The van der Waals surface area contributed by atoms with Crippen LogP contribution in [0.4, 0.5) is 0 Å². The van der Waals surface area contributed by atoms with Crippen LogP contribution in [0.2, 0.25) is 0 Å². The Labute approximate surface area is 83.7 Å². The minimum absolute atomic E-state index is 0.359. The average Bonchev–Trinajstić information content (AvgIpc) is 1.99. The van der Waals surface area contributed by atoms with E-state index in [-0.39, 0.29) is 11.2 Å². The molecule has 0 saturated carbocycles. The maximum Gasteiger partial charge on any atom is 0.328 e. The Balaban J connectivity index is 3.17. The largest absolute Gasteiger partial charge is 0.328 e. The molecule has 1 aromatic heterocycles. The Morgan fingerprint density at radius 3 is 2.69 bits per heavy atom. The van der Waals surface area contributed by atoms with E-state index in [2.05, 4.69) is 20.9 Å².